The number of hydrogen-bond acceptors (Lipinski definition) is 4. The van der Waals surface area contributed by atoms with Gasteiger partial charge in [-0.05, 0) is 124 Å². The molecule has 5 heteroatoms. The van der Waals surface area contributed by atoms with Crippen molar-refractivity contribution >= 4 is 57.2 Å². The number of benzene rings is 6. The van der Waals surface area contributed by atoms with E-state index >= 15 is 0 Å². The van der Waals surface area contributed by atoms with E-state index in [0.29, 0.717) is 5.92 Å². The lowest BCUT2D eigenvalue weighted by atomic mass is 9.33. The fourth-order valence-electron chi connectivity index (χ4n) is 9.72. The van der Waals surface area contributed by atoms with Gasteiger partial charge in [0, 0.05) is 70.0 Å². The first-order valence-electron chi connectivity index (χ1n) is 20.4. The van der Waals surface area contributed by atoms with Gasteiger partial charge in [0.1, 0.15) is 0 Å². The van der Waals surface area contributed by atoms with Crippen molar-refractivity contribution in [2.24, 2.45) is 0 Å². The zero-order valence-corrected chi connectivity index (χ0v) is 31.8. The van der Waals surface area contributed by atoms with Gasteiger partial charge >= 0.3 is 0 Å². The summed E-state index contributed by atoms with van der Waals surface area (Å²) in [5.41, 5.74) is 19.7. The zero-order valence-electron chi connectivity index (χ0n) is 31.8. The van der Waals surface area contributed by atoms with Crippen molar-refractivity contribution in [2.45, 2.75) is 38.0 Å². The Morgan fingerprint density at radius 3 is 1.65 bits per heavy atom. The maximum atomic E-state index is 4.52. The minimum absolute atomic E-state index is 0.0517. The molecule has 272 valence electrons. The first kappa shape index (κ1) is 33.6. The Balaban J connectivity index is 1.20. The molecule has 8 aromatic rings. The predicted octanol–water partition coefficient (Wildman–Crippen LogP) is 11.6. The number of para-hydroxylation sites is 1. The quantitative estimate of drug-likeness (QED) is 0.159. The molecule has 0 atom stereocenters. The molecule has 1 saturated carbocycles. The van der Waals surface area contributed by atoms with Crippen LogP contribution in [0.3, 0.4) is 0 Å². The van der Waals surface area contributed by atoms with Crippen molar-refractivity contribution in [1.82, 2.24) is 9.97 Å². The standard InChI is InChI=1S/C52H41BN4/c1-3-13-36(14-4-1)38-17-9-22-45(29-38)57-49-31-40(42-20-12-28-55-35-42)25-26-47(49)53-46-23-7-8-24-48(46)56(44-21-10-18-39(30-44)41-19-11-27-54-34-41)50-32-43(33-51(57)52(50)53)37-15-5-2-6-16-37/h1,3-4,7-14,17-35,37H,2,5-6,15-16H2. The molecule has 3 aliphatic rings. The Morgan fingerprint density at radius 2 is 0.982 bits per heavy atom. The molecule has 4 nitrogen and oxygen atoms in total. The van der Waals surface area contributed by atoms with Gasteiger partial charge in [-0.2, -0.15) is 0 Å². The molecular formula is C52H41BN4. The van der Waals surface area contributed by atoms with Gasteiger partial charge in [-0.3, -0.25) is 9.97 Å². The molecule has 2 aliphatic heterocycles. The van der Waals surface area contributed by atoms with Crippen LogP contribution in [0.4, 0.5) is 34.1 Å². The fraction of sp³-hybridized carbons (Fsp3) is 0.115. The lowest BCUT2D eigenvalue weighted by molar-refractivity contribution is 0.444. The molecular weight excluding hydrogens is 691 g/mol. The van der Waals surface area contributed by atoms with Gasteiger partial charge in [0.25, 0.3) is 6.71 Å². The predicted molar refractivity (Wildman–Crippen MR) is 238 cm³/mol. The maximum absolute atomic E-state index is 4.52. The highest BCUT2D eigenvalue weighted by atomic mass is 15.2. The smallest absolute Gasteiger partial charge is 0.252 e. The molecule has 11 rings (SSSR count). The van der Waals surface area contributed by atoms with E-state index in [1.54, 1.807) is 0 Å². The van der Waals surface area contributed by atoms with Crippen LogP contribution in [0.25, 0.3) is 33.4 Å². The van der Waals surface area contributed by atoms with Gasteiger partial charge in [-0.25, -0.2) is 0 Å². The Hall–Kier alpha value is -6.72. The monoisotopic (exact) mass is 732 g/mol. The van der Waals surface area contributed by atoms with Crippen molar-refractivity contribution in [3.05, 3.63) is 188 Å². The van der Waals surface area contributed by atoms with Crippen LogP contribution in [0.15, 0.2) is 183 Å². The van der Waals surface area contributed by atoms with E-state index in [0.717, 1.165) is 33.6 Å². The van der Waals surface area contributed by atoms with Crippen molar-refractivity contribution in [3.63, 3.8) is 0 Å². The van der Waals surface area contributed by atoms with E-state index in [-0.39, 0.29) is 6.71 Å². The van der Waals surface area contributed by atoms with E-state index in [1.165, 1.54) is 87.9 Å². The third-order valence-corrected chi connectivity index (χ3v) is 12.4. The molecule has 0 amide bonds. The van der Waals surface area contributed by atoms with Crippen LogP contribution in [0.1, 0.15) is 43.6 Å². The van der Waals surface area contributed by atoms with Crippen LogP contribution in [-0.4, -0.2) is 16.7 Å². The third kappa shape index (κ3) is 5.85. The van der Waals surface area contributed by atoms with Crippen LogP contribution in [-0.2, 0) is 0 Å². The SMILES string of the molecule is c1ccc(-c2cccc(N3c4cc(-c5cccnc5)ccc4B4c5ccccc5N(c5cccc(-c6cccnc6)c5)c5cc(C6CCCCC6)cc3c54)c2)cc1. The molecule has 6 aromatic carbocycles. The number of rotatable bonds is 6. The third-order valence-electron chi connectivity index (χ3n) is 12.4. The van der Waals surface area contributed by atoms with Gasteiger partial charge in [0.05, 0.1) is 0 Å². The Labute approximate surface area is 335 Å². The Kier molecular flexibility index (Phi) is 8.31. The van der Waals surface area contributed by atoms with Gasteiger partial charge < -0.3 is 9.80 Å². The fourth-order valence-corrected chi connectivity index (χ4v) is 9.72. The van der Waals surface area contributed by atoms with Crippen LogP contribution in [0, 0.1) is 0 Å². The van der Waals surface area contributed by atoms with Gasteiger partial charge in [-0.15, -0.1) is 0 Å². The van der Waals surface area contributed by atoms with E-state index in [9.17, 15) is 0 Å². The first-order chi connectivity index (χ1) is 28.3. The summed E-state index contributed by atoms with van der Waals surface area (Å²) >= 11 is 0. The van der Waals surface area contributed by atoms with Crippen LogP contribution in [0.2, 0.25) is 0 Å². The highest BCUT2D eigenvalue weighted by Crippen LogP contribution is 2.48. The second-order valence-electron chi connectivity index (χ2n) is 15.7. The van der Waals surface area contributed by atoms with Gasteiger partial charge in [-0.1, -0.05) is 116 Å². The zero-order chi connectivity index (χ0) is 37.7. The normalized spacial score (nSPS) is 14.5. The Bertz CT molecular complexity index is 2740. The average molecular weight is 733 g/mol. The molecule has 0 N–H and O–H groups in total. The highest BCUT2D eigenvalue weighted by molar-refractivity contribution is 7.00. The summed E-state index contributed by atoms with van der Waals surface area (Å²) in [5.74, 6) is 0.514. The summed E-state index contributed by atoms with van der Waals surface area (Å²) in [4.78, 5) is 14.1. The van der Waals surface area contributed by atoms with Gasteiger partial charge in [0.2, 0.25) is 0 Å². The number of anilines is 6. The lowest BCUT2D eigenvalue weighted by Gasteiger charge is -2.45. The molecule has 1 fully saturated rings. The van der Waals surface area contributed by atoms with Crippen molar-refractivity contribution in [1.29, 1.82) is 0 Å². The molecule has 0 saturated heterocycles. The molecule has 0 unspecified atom stereocenters. The number of pyridine rings is 2. The molecule has 1 aliphatic carbocycles. The molecule has 57 heavy (non-hydrogen) atoms. The molecule has 2 aromatic heterocycles. The molecule has 0 bridgehead atoms. The molecule has 4 heterocycles. The first-order valence-corrected chi connectivity index (χ1v) is 20.4. The molecule has 0 spiro atoms. The van der Waals surface area contributed by atoms with Crippen LogP contribution < -0.4 is 26.2 Å². The summed E-state index contributed by atoms with van der Waals surface area (Å²) in [6, 6.07) is 58.5. The van der Waals surface area contributed by atoms with E-state index < -0.39 is 0 Å². The number of hydrogen-bond donors (Lipinski definition) is 0. The summed E-state index contributed by atoms with van der Waals surface area (Å²) in [5, 5.41) is 0. The topological polar surface area (TPSA) is 32.3 Å². The van der Waals surface area contributed by atoms with Crippen molar-refractivity contribution in [2.75, 3.05) is 9.80 Å². The van der Waals surface area contributed by atoms with Crippen molar-refractivity contribution < 1.29 is 0 Å². The van der Waals surface area contributed by atoms with Crippen LogP contribution >= 0.6 is 0 Å². The summed E-state index contributed by atoms with van der Waals surface area (Å²) in [6.45, 7) is 0.0517. The highest BCUT2D eigenvalue weighted by Gasteiger charge is 2.44. The number of fused-ring (bicyclic) bond motifs is 4. The van der Waals surface area contributed by atoms with E-state index in [4.69, 9.17) is 0 Å². The van der Waals surface area contributed by atoms with Gasteiger partial charge in [0.15, 0.2) is 0 Å². The minimum Gasteiger partial charge on any atom is -0.311 e. The second kappa shape index (κ2) is 14.1. The summed E-state index contributed by atoms with van der Waals surface area (Å²) in [6.07, 6.45) is 14.0. The average Bonchev–Trinajstić information content (AvgIpc) is 3.30. The van der Waals surface area contributed by atoms with Crippen molar-refractivity contribution in [3.8, 4) is 33.4 Å². The van der Waals surface area contributed by atoms with Crippen LogP contribution in [0.5, 0.6) is 0 Å². The lowest BCUT2D eigenvalue weighted by Crippen LogP contribution is -2.61. The minimum atomic E-state index is 0.0517. The van der Waals surface area contributed by atoms with E-state index in [1.807, 2.05) is 36.9 Å². The second-order valence-corrected chi connectivity index (χ2v) is 15.7. The number of nitrogens with zero attached hydrogens (tertiary/aromatic N) is 4. The molecule has 0 radical (unpaired) electrons. The van der Waals surface area contributed by atoms with E-state index in [2.05, 4.69) is 165 Å². The number of aromatic nitrogens is 2. The largest absolute Gasteiger partial charge is 0.311 e. The summed E-state index contributed by atoms with van der Waals surface area (Å²) in [7, 11) is 0. The Morgan fingerprint density at radius 1 is 0.421 bits per heavy atom. The maximum Gasteiger partial charge on any atom is 0.252 e. The summed E-state index contributed by atoms with van der Waals surface area (Å²) < 4.78 is 0.